The van der Waals surface area contributed by atoms with Gasteiger partial charge in [0.1, 0.15) is 11.6 Å². The van der Waals surface area contributed by atoms with Crippen LogP contribution in [0.5, 0.6) is 0 Å². The van der Waals surface area contributed by atoms with Crippen molar-refractivity contribution in [1.82, 2.24) is 15.0 Å². The Morgan fingerprint density at radius 2 is 2.11 bits per heavy atom. The Kier molecular flexibility index (Phi) is 2.76. The van der Waals surface area contributed by atoms with E-state index in [-0.39, 0.29) is 0 Å². The summed E-state index contributed by atoms with van der Waals surface area (Å²) in [5.41, 5.74) is 3.06. The smallest absolute Gasteiger partial charge is 0.179 e. The van der Waals surface area contributed by atoms with Crippen LogP contribution in [0.4, 0.5) is 5.82 Å². The number of nitrogens with one attached hydrogen (secondary N) is 1. The maximum Gasteiger partial charge on any atom is 0.179 e. The fourth-order valence-corrected chi connectivity index (χ4v) is 2.52. The normalized spacial score (nSPS) is 11.0. The summed E-state index contributed by atoms with van der Waals surface area (Å²) in [6, 6.07) is 6.15. The molecule has 0 fully saturated rings. The molecule has 4 nitrogen and oxygen atoms in total. The summed E-state index contributed by atoms with van der Waals surface area (Å²) in [4.78, 5) is 14.3. The van der Waals surface area contributed by atoms with Gasteiger partial charge in [0.2, 0.25) is 0 Å². The number of imidazole rings is 1. The largest absolute Gasteiger partial charge is 0.363 e. The van der Waals surface area contributed by atoms with Gasteiger partial charge in [0.25, 0.3) is 0 Å². The molecule has 0 spiro atoms. The lowest BCUT2D eigenvalue weighted by Gasteiger charge is -2.09. The summed E-state index contributed by atoms with van der Waals surface area (Å²) in [6.45, 7) is 0. The molecule has 0 saturated heterocycles. The Bertz CT molecular complexity index is 655. The lowest BCUT2D eigenvalue weighted by Crippen LogP contribution is -2.10. The summed E-state index contributed by atoms with van der Waals surface area (Å²) in [7, 11) is 3.96. The third kappa shape index (κ3) is 2.09. The Labute approximate surface area is 109 Å². The van der Waals surface area contributed by atoms with E-state index >= 15 is 0 Å². The molecule has 3 rings (SSSR count). The Hall–Kier alpha value is -1.88. The molecule has 0 saturated carbocycles. The van der Waals surface area contributed by atoms with Gasteiger partial charge in [-0.15, -0.1) is 0 Å². The second kappa shape index (κ2) is 4.42. The SMILES string of the molecule is CN(C)c1ccc2[nH]c(Cc3ccsc3)nc2n1. The Balaban J connectivity index is 1.95. The summed E-state index contributed by atoms with van der Waals surface area (Å²) in [5.74, 6) is 1.89. The van der Waals surface area contributed by atoms with Crippen molar-refractivity contribution in [3.05, 3.63) is 40.3 Å². The fraction of sp³-hybridized carbons (Fsp3) is 0.231. The third-order valence-electron chi connectivity index (χ3n) is 2.79. The predicted octanol–water partition coefficient (Wildman–Crippen LogP) is 2.68. The maximum atomic E-state index is 4.54. The molecule has 5 heteroatoms. The van der Waals surface area contributed by atoms with Crippen LogP contribution >= 0.6 is 11.3 Å². The summed E-state index contributed by atoms with van der Waals surface area (Å²) < 4.78 is 0. The van der Waals surface area contributed by atoms with Crippen molar-refractivity contribution in [2.45, 2.75) is 6.42 Å². The predicted molar refractivity (Wildman–Crippen MR) is 75.3 cm³/mol. The van der Waals surface area contributed by atoms with Gasteiger partial charge in [0, 0.05) is 20.5 Å². The van der Waals surface area contributed by atoms with E-state index in [2.05, 4.69) is 31.8 Å². The molecule has 3 aromatic heterocycles. The number of aromatic nitrogens is 3. The topological polar surface area (TPSA) is 44.8 Å². The van der Waals surface area contributed by atoms with Gasteiger partial charge in [-0.25, -0.2) is 9.97 Å². The van der Waals surface area contributed by atoms with Gasteiger partial charge in [0.05, 0.1) is 5.52 Å². The van der Waals surface area contributed by atoms with Gasteiger partial charge in [-0.1, -0.05) is 0 Å². The van der Waals surface area contributed by atoms with Crippen LogP contribution in [0.1, 0.15) is 11.4 Å². The zero-order chi connectivity index (χ0) is 12.5. The highest BCUT2D eigenvalue weighted by molar-refractivity contribution is 7.07. The first-order chi connectivity index (χ1) is 8.72. The fourth-order valence-electron chi connectivity index (χ4n) is 1.85. The van der Waals surface area contributed by atoms with Crippen LogP contribution in [0.15, 0.2) is 29.0 Å². The summed E-state index contributed by atoms with van der Waals surface area (Å²) in [5, 5.41) is 4.23. The molecule has 0 radical (unpaired) electrons. The van der Waals surface area contributed by atoms with Gasteiger partial charge in [-0.2, -0.15) is 11.3 Å². The average Bonchev–Trinajstić information content (AvgIpc) is 2.96. The van der Waals surface area contributed by atoms with E-state index in [0.29, 0.717) is 0 Å². The number of nitrogens with zero attached hydrogens (tertiary/aromatic N) is 3. The number of pyridine rings is 1. The van der Waals surface area contributed by atoms with Crippen LogP contribution in [0.25, 0.3) is 11.2 Å². The molecule has 1 N–H and O–H groups in total. The molecule has 3 heterocycles. The highest BCUT2D eigenvalue weighted by Gasteiger charge is 2.07. The lowest BCUT2D eigenvalue weighted by atomic mass is 10.2. The van der Waals surface area contributed by atoms with Crippen LogP contribution in [-0.4, -0.2) is 29.0 Å². The quantitative estimate of drug-likeness (QED) is 0.785. The number of thiophene rings is 1. The molecule has 0 aliphatic rings. The minimum absolute atomic E-state index is 0.784. The van der Waals surface area contributed by atoms with E-state index in [1.807, 2.05) is 31.1 Å². The Morgan fingerprint density at radius 1 is 1.22 bits per heavy atom. The second-order valence-corrected chi connectivity index (χ2v) is 5.21. The van der Waals surface area contributed by atoms with Crippen LogP contribution < -0.4 is 4.90 Å². The van der Waals surface area contributed by atoms with Gasteiger partial charge < -0.3 is 9.88 Å². The third-order valence-corrected chi connectivity index (χ3v) is 3.52. The molecule has 0 bridgehead atoms. The first kappa shape index (κ1) is 11.2. The maximum absolute atomic E-state index is 4.54. The minimum Gasteiger partial charge on any atom is -0.363 e. The number of fused-ring (bicyclic) bond motifs is 1. The first-order valence-electron chi connectivity index (χ1n) is 5.76. The lowest BCUT2D eigenvalue weighted by molar-refractivity contribution is 1.04. The van der Waals surface area contributed by atoms with Crippen molar-refractivity contribution in [3.63, 3.8) is 0 Å². The van der Waals surface area contributed by atoms with E-state index in [9.17, 15) is 0 Å². The van der Waals surface area contributed by atoms with E-state index in [4.69, 9.17) is 0 Å². The number of hydrogen-bond donors (Lipinski definition) is 1. The molecular formula is C13H14N4S. The number of H-pyrrole nitrogens is 1. The standard InChI is InChI=1S/C13H14N4S/c1-17(2)12-4-3-10-13(16-12)15-11(14-10)7-9-5-6-18-8-9/h3-6,8H,7H2,1-2H3,(H,14,15,16). The van der Waals surface area contributed by atoms with Gasteiger partial charge >= 0.3 is 0 Å². The Morgan fingerprint density at radius 3 is 2.83 bits per heavy atom. The molecule has 0 aliphatic carbocycles. The molecule has 0 unspecified atom stereocenters. The molecule has 0 aliphatic heterocycles. The molecule has 0 amide bonds. The molecule has 0 atom stereocenters. The van der Waals surface area contributed by atoms with Crippen molar-refractivity contribution < 1.29 is 0 Å². The molecule has 3 aromatic rings. The highest BCUT2D eigenvalue weighted by Crippen LogP contribution is 2.17. The number of anilines is 1. The van der Waals surface area contributed by atoms with Crippen molar-refractivity contribution >= 4 is 28.3 Å². The van der Waals surface area contributed by atoms with Crippen LogP contribution in [0.3, 0.4) is 0 Å². The van der Waals surface area contributed by atoms with E-state index in [0.717, 1.165) is 29.2 Å². The minimum atomic E-state index is 0.784. The van der Waals surface area contributed by atoms with Crippen molar-refractivity contribution in [3.8, 4) is 0 Å². The highest BCUT2D eigenvalue weighted by atomic mass is 32.1. The summed E-state index contributed by atoms with van der Waals surface area (Å²) >= 11 is 1.71. The molecular weight excluding hydrogens is 244 g/mol. The van der Waals surface area contributed by atoms with E-state index in [1.54, 1.807) is 11.3 Å². The van der Waals surface area contributed by atoms with Crippen LogP contribution in [0, 0.1) is 0 Å². The number of hydrogen-bond acceptors (Lipinski definition) is 4. The number of rotatable bonds is 3. The number of aromatic amines is 1. The first-order valence-corrected chi connectivity index (χ1v) is 6.71. The van der Waals surface area contributed by atoms with Crippen LogP contribution in [-0.2, 0) is 6.42 Å². The second-order valence-electron chi connectivity index (χ2n) is 4.43. The van der Waals surface area contributed by atoms with Gasteiger partial charge in [0.15, 0.2) is 5.65 Å². The van der Waals surface area contributed by atoms with Crippen LogP contribution in [0.2, 0.25) is 0 Å². The van der Waals surface area contributed by atoms with Crippen molar-refractivity contribution in [1.29, 1.82) is 0 Å². The molecule has 18 heavy (non-hydrogen) atoms. The van der Waals surface area contributed by atoms with E-state index in [1.165, 1.54) is 5.56 Å². The van der Waals surface area contributed by atoms with Crippen molar-refractivity contribution in [2.24, 2.45) is 0 Å². The van der Waals surface area contributed by atoms with Crippen molar-refractivity contribution in [2.75, 3.05) is 19.0 Å². The average molecular weight is 258 g/mol. The summed E-state index contributed by atoms with van der Waals surface area (Å²) in [6.07, 6.45) is 0.831. The zero-order valence-corrected chi connectivity index (χ0v) is 11.2. The zero-order valence-electron chi connectivity index (χ0n) is 10.3. The molecule has 0 aromatic carbocycles. The van der Waals surface area contributed by atoms with Gasteiger partial charge in [-0.3, -0.25) is 0 Å². The van der Waals surface area contributed by atoms with Gasteiger partial charge in [-0.05, 0) is 34.5 Å². The monoisotopic (exact) mass is 258 g/mol. The van der Waals surface area contributed by atoms with E-state index < -0.39 is 0 Å². The molecule has 92 valence electrons.